The van der Waals surface area contributed by atoms with Crippen molar-refractivity contribution in [3.8, 4) is 0 Å². The van der Waals surface area contributed by atoms with Crippen molar-refractivity contribution >= 4 is 11.8 Å². The molecule has 1 aromatic rings. The molecule has 1 atom stereocenters. The second kappa shape index (κ2) is 5.68. The van der Waals surface area contributed by atoms with Crippen LogP contribution in [0.3, 0.4) is 0 Å². The average Bonchev–Trinajstić information content (AvgIpc) is 2.35. The standard InChI is InChI=1S/C12H18N2OS/c13-7-12(15)16-9-14-6-5-10-3-1-2-4-11(10)8-14/h1-4,12,15H,5-9,13H2/t12-/m1/s1. The van der Waals surface area contributed by atoms with E-state index in [-0.39, 0.29) is 0 Å². The fourth-order valence-corrected chi connectivity index (χ4v) is 2.66. The largest absolute Gasteiger partial charge is 0.381 e. The molecule has 0 unspecified atom stereocenters. The van der Waals surface area contributed by atoms with Crippen molar-refractivity contribution < 1.29 is 5.11 Å². The molecule has 0 aliphatic carbocycles. The van der Waals surface area contributed by atoms with E-state index in [1.165, 1.54) is 22.9 Å². The lowest BCUT2D eigenvalue weighted by Crippen LogP contribution is -2.31. The Morgan fingerprint density at radius 3 is 2.88 bits per heavy atom. The fourth-order valence-electron chi connectivity index (χ4n) is 1.92. The second-order valence-electron chi connectivity index (χ2n) is 4.06. The fraction of sp³-hybridized carbons (Fsp3) is 0.500. The Kier molecular flexibility index (Phi) is 4.23. The zero-order valence-corrected chi connectivity index (χ0v) is 10.1. The smallest absolute Gasteiger partial charge is 0.113 e. The van der Waals surface area contributed by atoms with Crippen LogP contribution in [0.15, 0.2) is 24.3 Å². The van der Waals surface area contributed by atoms with Gasteiger partial charge < -0.3 is 10.8 Å². The molecule has 4 heteroatoms. The normalized spacial score (nSPS) is 18.1. The van der Waals surface area contributed by atoms with Crippen LogP contribution in [0.5, 0.6) is 0 Å². The van der Waals surface area contributed by atoms with Gasteiger partial charge in [0.1, 0.15) is 5.44 Å². The summed E-state index contributed by atoms with van der Waals surface area (Å²) in [6, 6.07) is 8.58. The molecule has 0 spiro atoms. The summed E-state index contributed by atoms with van der Waals surface area (Å²) in [5.74, 6) is 0.854. The minimum atomic E-state index is -0.433. The maximum Gasteiger partial charge on any atom is 0.113 e. The number of fused-ring (bicyclic) bond motifs is 1. The van der Waals surface area contributed by atoms with Gasteiger partial charge in [0.25, 0.3) is 0 Å². The number of nitrogens with two attached hydrogens (primary N) is 1. The summed E-state index contributed by atoms with van der Waals surface area (Å²) in [6.07, 6.45) is 1.11. The Labute approximate surface area is 101 Å². The minimum Gasteiger partial charge on any atom is -0.381 e. The molecule has 1 aliphatic rings. The van der Waals surface area contributed by atoms with Gasteiger partial charge in [0.05, 0.1) is 0 Å². The lowest BCUT2D eigenvalue weighted by Gasteiger charge is -2.28. The van der Waals surface area contributed by atoms with E-state index in [4.69, 9.17) is 5.73 Å². The number of hydrogen-bond acceptors (Lipinski definition) is 4. The zero-order chi connectivity index (χ0) is 11.4. The first-order valence-corrected chi connectivity index (χ1v) is 6.63. The number of hydrogen-bond donors (Lipinski definition) is 2. The molecule has 0 aromatic heterocycles. The maximum atomic E-state index is 9.40. The predicted molar refractivity (Wildman–Crippen MR) is 68.1 cm³/mol. The highest BCUT2D eigenvalue weighted by Crippen LogP contribution is 2.20. The van der Waals surface area contributed by atoms with Crippen molar-refractivity contribution in [1.82, 2.24) is 4.90 Å². The third kappa shape index (κ3) is 2.98. The first-order chi connectivity index (χ1) is 7.79. The number of aliphatic hydroxyl groups excluding tert-OH is 1. The molecule has 1 aromatic carbocycles. The molecular weight excluding hydrogens is 220 g/mol. The van der Waals surface area contributed by atoms with Crippen molar-refractivity contribution in [2.75, 3.05) is 19.0 Å². The van der Waals surface area contributed by atoms with Crippen LogP contribution < -0.4 is 5.73 Å². The van der Waals surface area contributed by atoms with Crippen molar-refractivity contribution in [2.24, 2.45) is 5.73 Å². The molecule has 1 heterocycles. The van der Waals surface area contributed by atoms with E-state index in [1.54, 1.807) is 0 Å². The SMILES string of the molecule is NC[C@H](O)SCN1CCc2ccccc2C1. The molecule has 0 amide bonds. The van der Waals surface area contributed by atoms with Crippen molar-refractivity contribution in [3.63, 3.8) is 0 Å². The van der Waals surface area contributed by atoms with Crippen molar-refractivity contribution in [2.45, 2.75) is 18.4 Å². The number of benzene rings is 1. The highest BCUT2D eigenvalue weighted by Gasteiger charge is 2.16. The van der Waals surface area contributed by atoms with E-state index in [0.717, 1.165) is 25.4 Å². The molecule has 0 bridgehead atoms. The van der Waals surface area contributed by atoms with Gasteiger partial charge in [-0.3, -0.25) is 4.90 Å². The Balaban J connectivity index is 1.88. The van der Waals surface area contributed by atoms with Gasteiger partial charge in [0, 0.05) is 25.5 Å². The minimum absolute atomic E-state index is 0.328. The molecular formula is C12H18N2OS. The van der Waals surface area contributed by atoms with Gasteiger partial charge in [0.2, 0.25) is 0 Å². The van der Waals surface area contributed by atoms with Gasteiger partial charge in [0.15, 0.2) is 0 Å². The predicted octanol–water partition coefficient (Wildman–Crippen LogP) is 1.01. The Hall–Kier alpha value is -0.550. The first kappa shape index (κ1) is 11.9. The third-order valence-electron chi connectivity index (χ3n) is 2.86. The Morgan fingerprint density at radius 2 is 2.12 bits per heavy atom. The quantitative estimate of drug-likeness (QED) is 0.769. The summed E-state index contributed by atoms with van der Waals surface area (Å²) >= 11 is 1.51. The molecule has 0 saturated heterocycles. The van der Waals surface area contributed by atoms with Crippen molar-refractivity contribution in [3.05, 3.63) is 35.4 Å². The molecule has 1 aliphatic heterocycles. The van der Waals surface area contributed by atoms with E-state index >= 15 is 0 Å². The van der Waals surface area contributed by atoms with Crippen LogP contribution in [0.2, 0.25) is 0 Å². The summed E-state index contributed by atoms with van der Waals surface area (Å²) in [5.41, 5.74) is 7.82. The maximum absolute atomic E-state index is 9.40. The second-order valence-corrected chi connectivity index (χ2v) is 5.19. The van der Waals surface area contributed by atoms with Crippen LogP contribution in [0.25, 0.3) is 0 Å². The molecule has 2 rings (SSSR count). The molecule has 0 fully saturated rings. The molecule has 16 heavy (non-hydrogen) atoms. The lowest BCUT2D eigenvalue weighted by atomic mass is 10.0. The van der Waals surface area contributed by atoms with Gasteiger partial charge in [-0.15, -0.1) is 11.8 Å². The van der Waals surface area contributed by atoms with Crippen molar-refractivity contribution in [1.29, 1.82) is 0 Å². The third-order valence-corrected chi connectivity index (χ3v) is 3.95. The van der Waals surface area contributed by atoms with E-state index < -0.39 is 5.44 Å². The van der Waals surface area contributed by atoms with E-state index in [2.05, 4.69) is 29.2 Å². The van der Waals surface area contributed by atoms with Gasteiger partial charge in [-0.1, -0.05) is 24.3 Å². The van der Waals surface area contributed by atoms with Crippen LogP contribution in [0, 0.1) is 0 Å². The van der Waals surface area contributed by atoms with Gasteiger partial charge in [-0.2, -0.15) is 0 Å². The van der Waals surface area contributed by atoms with Gasteiger partial charge in [-0.25, -0.2) is 0 Å². The summed E-state index contributed by atoms with van der Waals surface area (Å²) < 4.78 is 0. The van der Waals surface area contributed by atoms with Gasteiger partial charge >= 0.3 is 0 Å². The Morgan fingerprint density at radius 1 is 1.38 bits per heavy atom. The zero-order valence-electron chi connectivity index (χ0n) is 9.30. The summed E-state index contributed by atoms with van der Waals surface area (Å²) in [7, 11) is 0. The topological polar surface area (TPSA) is 49.5 Å². The van der Waals surface area contributed by atoms with Crippen LogP contribution in [-0.2, 0) is 13.0 Å². The molecule has 88 valence electrons. The highest BCUT2D eigenvalue weighted by atomic mass is 32.2. The molecule has 3 nitrogen and oxygen atoms in total. The average molecular weight is 238 g/mol. The molecule has 3 N–H and O–H groups in total. The highest BCUT2D eigenvalue weighted by molar-refractivity contribution is 7.99. The summed E-state index contributed by atoms with van der Waals surface area (Å²) in [5, 5.41) is 9.40. The van der Waals surface area contributed by atoms with E-state index in [1.807, 2.05) is 0 Å². The van der Waals surface area contributed by atoms with E-state index in [0.29, 0.717) is 6.54 Å². The van der Waals surface area contributed by atoms with Crippen LogP contribution in [0.4, 0.5) is 0 Å². The van der Waals surface area contributed by atoms with Crippen LogP contribution in [0.1, 0.15) is 11.1 Å². The number of aliphatic hydroxyl groups is 1. The Bertz CT molecular complexity index is 346. The van der Waals surface area contributed by atoms with E-state index in [9.17, 15) is 5.11 Å². The molecule has 0 radical (unpaired) electrons. The number of rotatable bonds is 4. The first-order valence-electron chi connectivity index (χ1n) is 5.58. The lowest BCUT2D eigenvalue weighted by molar-refractivity contribution is 0.262. The molecule has 0 saturated carbocycles. The van der Waals surface area contributed by atoms with Gasteiger partial charge in [-0.05, 0) is 17.5 Å². The summed E-state index contributed by atoms with van der Waals surface area (Å²) in [6.45, 7) is 2.39. The monoisotopic (exact) mass is 238 g/mol. The van der Waals surface area contributed by atoms with Crippen LogP contribution >= 0.6 is 11.8 Å². The van der Waals surface area contributed by atoms with Crippen LogP contribution in [-0.4, -0.2) is 34.4 Å². The number of nitrogens with zero attached hydrogens (tertiary/aromatic N) is 1. The summed E-state index contributed by atoms with van der Waals surface area (Å²) in [4.78, 5) is 2.35. The number of thioether (sulfide) groups is 1.